The zero-order valence-corrected chi connectivity index (χ0v) is 15.5. The van der Waals surface area contributed by atoms with Crippen molar-refractivity contribution >= 4 is 17.3 Å². The second-order valence-corrected chi connectivity index (χ2v) is 6.69. The zero-order chi connectivity index (χ0) is 18.4. The summed E-state index contributed by atoms with van der Waals surface area (Å²) in [4.78, 5) is 19.6. The molecule has 26 heavy (non-hydrogen) atoms. The summed E-state index contributed by atoms with van der Waals surface area (Å²) in [5.41, 5.74) is 2.80. The molecule has 140 valence electrons. The molecule has 1 saturated heterocycles. The number of hydrogen-bond acceptors (Lipinski definition) is 5. The zero-order valence-electron chi connectivity index (χ0n) is 15.5. The Kier molecular flexibility index (Phi) is 6.41. The van der Waals surface area contributed by atoms with Crippen molar-refractivity contribution in [3.8, 4) is 0 Å². The van der Waals surface area contributed by atoms with E-state index in [1.165, 1.54) is 0 Å². The molecular formula is C20H27N3O3. The van der Waals surface area contributed by atoms with E-state index in [-0.39, 0.29) is 11.9 Å². The Hall–Kier alpha value is -2.18. The number of nitrogens with one attached hydrogen (secondary N) is 1. The van der Waals surface area contributed by atoms with Gasteiger partial charge in [0, 0.05) is 19.1 Å². The molecule has 6 nitrogen and oxygen atoms in total. The van der Waals surface area contributed by atoms with E-state index in [0.717, 1.165) is 36.3 Å². The molecule has 1 aromatic carbocycles. The van der Waals surface area contributed by atoms with Gasteiger partial charge in [0.15, 0.2) is 0 Å². The fourth-order valence-corrected chi connectivity index (χ4v) is 2.97. The molecule has 6 heteroatoms. The summed E-state index contributed by atoms with van der Waals surface area (Å²) >= 11 is 0. The van der Waals surface area contributed by atoms with E-state index in [9.17, 15) is 4.79 Å². The predicted molar refractivity (Wildman–Crippen MR) is 102 cm³/mol. The van der Waals surface area contributed by atoms with E-state index in [2.05, 4.69) is 5.32 Å². The highest BCUT2D eigenvalue weighted by Crippen LogP contribution is 2.28. The van der Waals surface area contributed by atoms with Gasteiger partial charge in [-0.25, -0.2) is 0 Å². The normalized spacial score (nSPS) is 21.0. The van der Waals surface area contributed by atoms with Crippen LogP contribution in [0.15, 0.2) is 41.6 Å². The van der Waals surface area contributed by atoms with Crippen molar-refractivity contribution in [2.75, 3.05) is 33.4 Å². The number of amides is 1. The highest BCUT2D eigenvalue weighted by atomic mass is 16.5. The number of methoxy groups -OCH3 is 1. The molecule has 1 atom stereocenters. The van der Waals surface area contributed by atoms with Crippen LogP contribution in [0, 0.1) is 6.92 Å². The molecule has 2 aliphatic rings. The molecule has 1 aromatic rings. The van der Waals surface area contributed by atoms with Gasteiger partial charge in [-0.3, -0.25) is 9.79 Å². The van der Waals surface area contributed by atoms with Gasteiger partial charge >= 0.3 is 0 Å². The topological polar surface area (TPSA) is 63.2 Å². The Morgan fingerprint density at radius 1 is 1.42 bits per heavy atom. The molecule has 0 unspecified atom stereocenters. The van der Waals surface area contributed by atoms with Crippen LogP contribution in [0.3, 0.4) is 0 Å². The Balaban J connectivity index is 1.80. The number of aliphatic imine (C=N–C) groups is 1. The minimum Gasteiger partial charge on any atom is -0.504 e. The standard InChI is InChI=1S/C20H27N3O3/c1-15-5-3-4-6-18(15)22-16(9-11-25-2)14-23(17-7-8-17)20(24)19-13-21-10-12-26-19/h3-6,9,11,17,19,21H,7-8,10,12-14H2,1-2H3/b11-9+,22-16?/t19-/m1/s1. The largest absolute Gasteiger partial charge is 0.504 e. The second-order valence-electron chi connectivity index (χ2n) is 6.69. The number of carbonyl (C=O) groups is 1. The SMILES string of the molecule is CO/C=C/C(CN(C(=O)[C@H]1CNCCO1)C1CC1)=Nc1ccccc1C. The van der Waals surface area contributed by atoms with Crippen molar-refractivity contribution in [3.63, 3.8) is 0 Å². The van der Waals surface area contributed by atoms with E-state index in [4.69, 9.17) is 14.5 Å². The molecular weight excluding hydrogens is 330 g/mol. The fourth-order valence-electron chi connectivity index (χ4n) is 2.97. The maximum absolute atomic E-state index is 13.0. The van der Waals surface area contributed by atoms with Crippen molar-refractivity contribution in [2.45, 2.75) is 31.9 Å². The minimum absolute atomic E-state index is 0.0444. The molecule has 1 aliphatic carbocycles. The van der Waals surface area contributed by atoms with Crippen LogP contribution >= 0.6 is 0 Å². The van der Waals surface area contributed by atoms with Crippen molar-refractivity contribution in [2.24, 2.45) is 4.99 Å². The van der Waals surface area contributed by atoms with Crippen LogP contribution in [-0.4, -0.2) is 62.0 Å². The Morgan fingerprint density at radius 3 is 2.88 bits per heavy atom. The van der Waals surface area contributed by atoms with Gasteiger partial charge in [0.05, 0.1) is 37.9 Å². The number of nitrogens with zero attached hydrogens (tertiary/aromatic N) is 2. The molecule has 1 saturated carbocycles. The summed E-state index contributed by atoms with van der Waals surface area (Å²) in [6, 6.07) is 8.25. The molecule has 1 heterocycles. The first kappa shape index (κ1) is 18.6. The number of carbonyl (C=O) groups excluding carboxylic acids is 1. The Bertz CT molecular complexity index is 677. The average Bonchev–Trinajstić information content (AvgIpc) is 3.51. The smallest absolute Gasteiger partial charge is 0.253 e. The van der Waals surface area contributed by atoms with Crippen LogP contribution < -0.4 is 5.32 Å². The Morgan fingerprint density at radius 2 is 2.23 bits per heavy atom. The minimum atomic E-state index is -0.407. The molecule has 0 spiro atoms. The molecule has 0 bridgehead atoms. The van der Waals surface area contributed by atoms with E-state index in [1.807, 2.05) is 42.2 Å². The van der Waals surface area contributed by atoms with E-state index < -0.39 is 6.10 Å². The number of morpholine rings is 1. The molecule has 1 amide bonds. The molecule has 3 rings (SSSR count). The van der Waals surface area contributed by atoms with Gasteiger partial charge in [-0.15, -0.1) is 0 Å². The van der Waals surface area contributed by atoms with E-state index in [0.29, 0.717) is 19.7 Å². The van der Waals surface area contributed by atoms with Gasteiger partial charge in [0.1, 0.15) is 6.10 Å². The third kappa shape index (κ3) is 4.93. The lowest BCUT2D eigenvalue weighted by molar-refractivity contribution is -0.145. The summed E-state index contributed by atoms with van der Waals surface area (Å²) in [5.74, 6) is 0.0444. The van der Waals surface area contributed by atoms with Gasteiger partial charge in [0.25, 0.3) is 5.91 Å². The number of rotatable bonds is 7. The van der Waals surface area contributed by atoms with Gasteiger partial charge in [-0.1, -0.05) is 18.2 Å². The lowest BCUT2D eigenvalue weighted by atomic mass is 10.2. The summed E-state index contributed by atoms with van der Waals surface area (Å²) in [7, 11) is 1.60. The molecule has 0 aromatic heterocycles. The first-order valence-electron chi connectivity index (χ1n) is 9.14. The van der Waals surface area contributed by atoms with Gasteiger partial charge in [0.2, 0.25) is 0 Å². The van der Waals surface area contributed by atoms with Crippen molar-refractivity contribution < 1.29 is 14.3 Å². The number of para-hydroxylation sites is 1. The number of benzene rings is 1. The van der Waals surface area contributed by atoms with Crippen LogP contribution in [0.1, 0.15) is 18.4 Å². The monoisotopic (exact) mass is 357 g/mol. The molecule has 0 radical (unpaired) electrons. The number of aryl methyl sites for hydroxylation is 1. The summed E-state index contributed by atoms with van der Waals surface area (Å²) < 4.78 is 10.7. The third-order valence-electron chi connectivity index (χ3n) is 4.58. The fraction of sp³-hybridized carbons (Fsp3) is 0.500. The summed E-state index contributed by atoms with van der Waals surface area (Å²) in [6.07, 6.45) is 5.10. The van der Waals surface area contributed by atoms with Crippen LogP contribution in [-0.2, 0) is 14.3 Å². The Labute approximate surface area is 154 Å². The summed E-state index contributed by atoms with van der Waals surface area (Å²) in [5, 5.41) is 3.23. The maximum atomic E-state index is 13.0. The number of ether oxygens (including phenoxy) is 2. The summed E-state index contributed by atoms with van der Waals surface area (Å²) in [6.45, 7) is 4.42. The van der Waals surface area contributed by atoms with Crippen molar-refractivity contribution in [1.82, 2.24) is 10.2 Å². The van der Waals surface area contributed by atoms with Gasteiger partial charge in [-0.05, 0) is 37.5 Å². The second kappa shape index (κ2) is 8.96. The van der Waals surface area contributed by atoms with Crippen molar-refractivity contribution in [3.05, 3.63) is 42.2 Å². The highest BCUT2D eigenvalue weighted by molar-refractivity contribution is 6.00. The number of hydrogen-bond donors (Lipinski definition) is 1. The average molecular weight is 357 g/mol. The maximum Gasteiger partial charge on any atom is 0.253 e. The lowest BCUT2D eigenvalue weighted by Gasteiger charge is -2.30. The highest BCUT2D eigenvalue weighted by Gasteiger charge is 2.37. The molecule has 1 N–H and O–H groups in total. The van der Waals surface area contributed by atoms with Crippen molar-refractivity contribution in [1.29, 1.82) is 0 Å². The first-order chi connectivity index (χ1) is 12.7. The van der Waals surface area contributed by atoms with E-state index in [1.54, 1.807) is 13.4 Å². The van der Waals surface area contributed by atoms with Gasteiger partial charge < -0.3 is 19.7 Å². The van der Waals surface area contributed by atoms with Crippen LogP contribution in [0.25, 0.3) is 0 Å². The van der Waals surface area contributed by atoms with Crippen LogP contribution in [0.2, 0.25) is 0 Å². The van der Waals surface area contributed by atoms with Gasteiger partial charge in [-0.2, -0.15) is 0 Å². The van der Waals surface area contributed by atoms with Crippen LogP contribution in [0.4, 0.5) is 5.69 Å². The molecule has 2 fully saturated rings. The predicted octanol–water partition coefficient (Wildman–Crippen LogP) is 2.21. The van der Waals surface area contributed by atoms with E-state index >= 15 is 0 Å². The first-order valence-corrected chi connectivity index (χ1v) is 9.14. The molecule has 1 aliphatic heterocycles. The quantitative estimate of drug-likeness (QED) is 0.600. The lowest BCUT2D eigenvalue weighted by Crippen LogP contribution is -2.51. The van der Waals surface area contributed by atoms with Crippen LogP contribution in [0.5, 0.6) is 0 Å². The third-order valence-corrected chi connectivity index (χ3v) is 4.58.